The molecule has 0 aromatic heterocycles. The fourth-order valence-electron chi connectivity index (χ4n) is 2.53. The van der Waals surface area contributed by atoms with E-state index in [1.807, 2.05) is 12.1 Å². The zero-order valence-corrected chi connectivity index (χ0v) is 17.0. The minimum absolute atomic E-state index is 0.465. The van der Waals surface area contributed by atoms with Gasteiger partial charge in [-0.2, -0.15) is 0 Å². The van der Waals surface area contributed by atoms with Gasteiger partial charge in [-0.25, -0.2) is 0 Å². The Hall–Kier alpha value is -1.79. The predicted molar refractivity (Wildman–Crippen MR) is 109 cm³/mol. The van der Waals surface area contributed by atoms with Crippen molar-refractivity contribution in [1.29, 1.82) is 0 Å². The Labute approximate surface area is 159 Å². The van der Waals surface area contributed by atoms with Crippen LogP contribution in [0.2, 0.25) is 0 Å². The molecule has 26 heavy (non-hydrogen) atoms. The van der Waals surface area contributed by atoms with Crippen molar-refractivity contribution in [3.8, 4) is 5.75 Å². The van der Waals surface area contributed by atoms with Crippen molar-refractivity contribution in [2.45, 2.75) is 26.2 Å². The first-order chi connectivity index (χ1) is 12.6. The first kappa shape index (κ1) is 22.3. The van der Waals surface area contributed by atoms with Crippen LogP contribution in [-0.2, 0) is 4.74 Å². The molecule has 0 heterocycles. The van der Waals surface area contributed by atoms with Gasteiger partial charge in [-0.3, -0.25) is 4.99 Å². The van der Waals surface area contributed by atoms with Gasteiger partial charge in [-0.15, -0.1) is 0 Å². The monoisotopic (exact) mass is 364 g/mol. The average molecular weight is 365 g/mol. The van der Waals surface area contributed by atoms with E-state index < -0.39 is 0 Å². The molecule has 6 nitrogen and oxygen atoms in total. The molecule has 0 radical (unpaired) electrons. The van der Waals surface area contributed by atoms with Crippen molar-refractivity contribution < 1.29 is 9.47 Å². The van der Waals surface area contributed by atoms with Gasteiger partial charge in [0.05, 0.1) is 13.7 Å². The first-order valence-electron chi connectivity index (χ1n) is 9.44. The number of nitrogens with zero attached hydrogens (tertiary/aromatic N) is 2. The van der Waals surface area contributed by atoms with Gasteiger partial charge in [0.2, 0.25) is 0 Å². The fourth-order valence-corrected chi connectivity index (χ4v) is 2.53. The van der Waals surface area contributed by atoms with Crippen molar-refractivity contribution in [2.24, 2.45) is 4.99 Å². The van der Waals surface area contributed by atoms with Crippen molar-refractivity contribution in [2.75, 3.05) is 60.6 Å². The molecule has 6 heteroatoms. The molecule has 148 valence electrons. The molecule has 1 rings (SSSR count). The van der Waals surface area contributed by atoms with Crippen LogP contribution in [-0.4, -0.2) is 71.5 Å². The van der Waals surface area contributed by atoms with E-state index in [1.54, 1.807) is 14.2 Å². The summed E-state index contributed by atoms with van der Waals surface area (Å²) in [6.45, 7) is 9.49. The second kappa shape index (κ2) is 13.4. The lowest BCUT2D eigenvalue weighted by atomic mass is 9.98. The molecule has 0 saturated carbocycles. The van der Waals surface area contributed by atoms with Crippen LogP contribution in [0.5, 0.6) is 5.75 Å². The van der Waals surface area contributed by atoms with Crippen LogP contribution in [0.25, 0.3) is 0 Å². The summed E-state index contributed by atoms with van der Waals surface area (Å²) in [5.41, 5.74) is 1.32. The standard InChI is InChI=1S/C20H36N4O2/c1-6-21-20(23-13-14-24(3)15-16-25-4)22-12-11-17(2)18-7-9-19(26-5)10-8-18/h7-10,17H,6,11-16H2,1-5H3,(H2,21,22,23). The number of ether oxygens (including phenoxy) is 2. The van der Waals surface area contributed by atoms with Crippen molar-refractivity contribution in [3.05, 3.63) is 29.8 Å². The molecule has 0 amide bonds. The van der Waals surface area contributed by atoms with Gasteiger partial charge in [0, 0.05) is 39.8 Å². The Kier molecular flexibility index (Phi) is 11.5. The van der Waals surface area contributed by atoms with Crippen molar-refractivity contribution >= 4 is 5.96 Å². The normalized spacial score (nSPS) is 12.9. The van der Waals surface area contributed by atoms with Crippen molar-refractivity contribution in [3.63, 3.8) is 0 Å². The van der Waals surface area contributed by atoms with Gasteiger partial charge >= 0.3 is 0 Å². The van der Waals surface area contributed by atoms with Crippen LogP contribution in [0.15, 0.2) is 29.3 Å². The highest BCUT2D eigenvalue weighted by Crippen LogP contribution is 2.21. The predicted octanol–water partition coefficient (Wildman–Crippen LogP) is 2.32. The topological polar surface area (TPSA) is 58.1 Å². The number of likely N-dealkylation sites (N-methyl/N-ethyl adjacent to an activating group) is 1. The third kappa shape index (κ3) is 9.06. The molecule has 0 saturated heterocycles. The van der Waals surface area contributed by atoms with E-state index in [-0.39, 0.29) is 0 Å². The van der Waals surface area contributed by atoms with E-state index in [1.165, 1.54) is 5.56 Å². The molecule has 0 aliphatic rings. The molecular weight excluding hydrogens is 328 g/mol. The van der Waals surface area contributed by atoms with Crippen LogP contribution >= 0.6 is 0 Å². The van der Waals surface area contributed by atoms with Gasteiger partial charge in [0.1, 0.15) is 5.75 Å². The molecule has 0 bridgehead atoms. The zero-order valence-electron chi connectivity index (χ0n) is 17.0. The first-order valence-corrected chi connectivity index (χ1v) is 9.44. The molecule has 1 aromatic carbocycles. The molecule has 0 spiro atoms. The number of aliphatic imine (C=N–C) groups is 1. The molecule has 0 aliphatic carbocycles. The van der Waals surface area contributed by atoms with E-state index in [4.69, 9.17) is 14.5 Å². The summed E-state index contributed by atoms with van der Waals surface area (Å²) in [5, 5.41) is 6.70. The lowest BCUT2D eigenvalue weighted by Crippen LogP contribution is -2.41. The molecule has 1 atom stereocenters. The Morgan fingerprint density at radius 1 is 1.15 bits per heavy atom. The van der Waals surface area contributed by atoms with E-state index >= 15 is 0 Å². The van der Waals surface area contributed by atoms with Crippen LogP contribution in [0.1, 0.15) is 31.7 Å². The third-order valence-electron chi connectivity index (χ3n) is 4.32. The highest BCUT2D eigenvalue weighted by molar-refractivity contribution is 5.79. The van der Waals surface area contributed by atoms with E-state index in [0.717, 1.165) is 57.5 Å². The van der Waals surface area contributed by atoms with E-state index in [2.05, 4.69) is 48.6 Å². The van der Waals surface area contributed by atoms with Crippen LogP contribution < -0.4 is 15.4 Å². The van der Waals surface area contributed by atoms with Gasteiger partial charge in [-0.05, 0) is 44.0 Å². The number of methoxy groups -OCH3 is 2. The number of benzene rings is 1. The maximum Gasteiger partial charge on any atom is 0.191 e. The fraction of sp³-hybridized carbons (Fsp3) is 0.650. The summed E-state index contributed by atoms with van der Waals surface area (Å²) in [7, 11) is 5.52. The molecule has 1 unspecified atom stereocenters. The SMILES string of the molecule is CCNC(=NCCC(C)c1ccc(OC)cc1)NCCN(C)CCOC. The Balaban J connectivity index is 2.39. The second-order valence-electron chi connectivity index (χ2n) is 6.45. The maximum absolute atomic E-state index is 5.22. The molecule has 0 aliphatic heterocycles. The molecule has 2 N–H and O–H groups in total. The molecule has 0 fully saturated rings. The van der Waals surface area contributed by atoms with Gasteiger partial charge in [0.15, 0.2) is 5.96 Å². The quantitative estimate of drug-likeness (QED) is 0.440. The van der Waals surface area contributed by atoms with Crippen molar-refractivity contribution in [1.82, 2.24) is 15.5 Å². The third-order valence-corrected chi connectivity index (χ3v) is 4.32. The summed E-state index contributed by atoms with van der Waals surface area (Å²) in [6.07, 6.45) is 1.01. The maximum atomic E-state index is 5.22. The zero-order chi connectivity index (χ0) is 19.2. The van der Waals surface area contributed by atoms with Crippen LogP contribution in [0.3, 0.4) is 0 Å². The molecule has 1 aromatic rings. The minimum Gasteiger partial charge on any atom is -0.497 e. The summed E-state index contributed by atoms with van der Waals surface area (Å²) in [5.74, 6) is 2.25. The minimum atomic E-state index is 0.465. The smallest absolute Gasteiger partial charge is 0.191 e. The number of hydrogen-bond donors (Lipinski definition) is 2. The van der Waals surface area contributed by atoms with Gasteiger partial charge in [-0.1, -0.05) is 19.1 Å². The van der Waals surface area contributed by atoms with Gasteiger partial charge in [0.25, 0.3) is 0 Å². The van der Waals surface area contributed by atoms with E-state index in [9.17, 15) is 0 Å². The lowest BCUT2D eigenvalue weighted by molar-refractivity contribution is 0.162. The van der Waals surface area contributed by atoms with E-state index in [0.29, 0.717) is 5.92 Å². The average Bonchev–Trinajstić information content (AvgIpc) is 2.66. The highest BCUT2D eigenvalue weighted by Gasteiger charge is 2.06. The number of hydrogen-bond acceptors (Lipinski definition) is 4. The number of rotatable bonds is 12. The Bertz CT molecular complexity index is 505. The van der Waals surface area contributed by atoms with Crippen LogP contribution in [0.4, 0.5) is 0 Å². The summed E-state index contributed by atoms with van der Waals surface area (Å²) >= 11 is 0. The number of guanidine groups is 1. The molecular formula is C20H36N4O2. The largest absolute Gasteiger partial charge is 0.497 e. The summed E-state index contributed by atoms with van der Waals surface area (Å²) < 4.78 is 10.3. The number of nitrogens with one attached hydrogen (secondary N) is 2. The highest BCUT2D eigenvalue weighted by atomic mass is 16.5. The van der Waals surface area contributed by atoms with Gasteiger partial charge < -0.3 is 25.0 Å². The van der Waals surface area contributed by atoms with Crippen LogP contribution in [0, 0.1) is 0 Å². The summed E-state index contributed by atoms with van der Waals surface area (Å²) in [6, 6.07) is 8.29. The lowest BCUT2D eigenvalue weighted by Gasteiger charge is -2.18. The Morgan fingerprint density at radius 3 is 2.50 bits per heavy atom. The Morgan fingerprint density at radius 2 is 1.88 bits per heavy atom. The second-order valence-corrected chi connectivity index (χ2v) is 6.45. The summed E-state index contributed by atoms with van der Waals surface area (Å²) in [4.78, 5) is 6.94.